The van der Waals surface area contributed by atoms with Gasteiger partial charge in [0.2, 0.25) is 5.69 Å². The van der Waals surface area contributed by atoms with Crippen molar-refractivity contribution in [2.45, 2.75) is 39.7 Å². The Hall–Kier alpha value is -2.94. The van der Waals surface area contributed by atoms with Crippen molar-refractivity contribution in [2.75, 3.05) is 32.8 Å². The molecule has 0 bridgehead atoms. The molecule has 0 radical (unpaired) electrons. The van der Waals surface area contributed by atoms with Crippen LogP contribution in [0.2, 0.25) is 0 Å². The van der Waals surface area contributed by atoms with Gasteiger partial charge in [0.1, 0.15) is 11.9 Å². The molecular formula is C23H31N5O4. The number of hydrogen-bond donors (Lipinski definition) is 1. The molecule has 9 nitrogen and oxygen atoms in total. The number of para-hydroxylation sites is 1. The average molecular weight is 442 g/mol. The first-order chi connectivity index (χ1) is 15.4. The number of aromatic nitrogens is 2. The molecule has 32 heavy (non-hydrogen) atoms. The van der Waals surface area contributed by atoms with Crippen LogP contribution in [0.25, 0.3) is 0 Å². The maximum absolute atomic E-state index is 12.8. The van der Waals surface area contributed by atoms with Crippen LogP contribution in [0.4, 0.5) is 5.69 Å². The molecule has 2 aromatic rings. The first kappa shape index (κ1) is 22.3. The van der Waals surface area contributed by atoms with E-state index in [0.29, 0.717) is 25.6 Å². The van der Waals surface area contributed by atoms with Crippen LogP contribution in [-0.2, 0) is 6.54 Å². The summed E-state index contributed by atoms with van der Waals surface area (Å²) in [4.78, 5) is 27.6. The van der Waals surface area contributed by atoms with Gasteiger partial charge in [0, 0.05) is 25.2 Å². The molecule has 9 heteroatoms. The monoisotopic (exact) mass is 441 g/mol. The number of H-pyrrole nitrogens is 1. The number of hydrogen-bond acceptors (Lipinski definition) is 6. The zero-order valence-electron chi connectivity index (χ0n) is 18.7. The highest BCUT2D eigenvalue weighted by Gasteiger charge is 2.43. The van der Waals surface area contributed by atoms with Crippen LogP contribution in [0.5, 0.6) is 5.75 Å². The minimum atomic E-state index is -0.566. The summed E-state index contributed by atoms with van der Waals surface area (Å²) in [6.45, 7) is 9.03. The Morgan fingerprint density at radius 1 is 1.25 bits per heavy atom. The van der Waals surface area contributed by atoms with Gasteiger partial charge in [-0.15, -0.1) is 0 Å². The SMILES string of the molecule is CC(C)COc1ccccc1CN1CCC2(CC1)CCN(C(=O)c1n[nH]cc1[N+](=O)[O-])C2. The van der Waals surface area contributed by atoms with E-state index in [1.54, 1.807) is 4.90 Å². The summed E-state index contributed by atoms with van der Waals surface area (Å²) in [6, 6.07) is 8.24. The van der Waals surface area contributed by atoms with Gasteiger partial charge in [0.25, 0.3) is 5.91 Å². The fraction of sp³-hybridized carbons (Fsp3) is 0.565. The summed E-state index contributed by atoms with van der Waals surface area (Å²) >= 11 is 0. The number of nitro groups is 1. The minimum absolute atomic E-state index is 0.0882. The molecule has 1 spiro atoms. The van der Waals surface area contributed by atoms with Crippen molar-refractivity contribution in [2.24, 2.45) is 11.3 Å². The lowest BCUT2D eigenvalue weighted by molar-refractivity contribution is -0.385. The Morgan fingerprint density at radius 2 is 1.97 bits per heavy atom. The number of likely N-dealkylation sites (tertiary alicyclic amines) is 2. The Morgan fingerprint density at radius 3 is 2.69 bits per heavy atom. The predicted molar refractivity (Wildman–Crippen MR) is 119 cm³/mol. The second-order valence-electron chi connectivity index (χ2n) is 9.44. The van der Waals surface area contributed by atoms with Crippen LogP contribution in [0.1, 0.15) is 49.2 Å². The van der Waals surface area contributed by atoms with E-state index in [-0.39, 0.29) is 22.7 Å². The van der Waals surface area contributed by atoms with E-state index in [2.05, 4.69) is 41.1 Å². The molecule has 1 aromatic carbocycles. The lowest BCUT2D eigenvalue weighted by atomic mass is 9.77. The van der Waals surface area contributed by atoms with Crippen LogP contribution in [-0.4, -0.2) is 63.6 Å². The lowest BCUT2D eigenvalue weighted by Crippen LogP contribution is -2.42. The number of piperidine rings is 1. The van der Waals surface area contributed by atoms with Crippen LogP contribution < -0.4 is 4.74 Å². The molecule has 0 saturated carbocycles. The van der Waals surface area contributed by atoms with E-state index in [9.17, 15) is 14.9 Å². The second kappa shape index (κ2) is 9.28. The van der Waals surface area contributed by atoms with E-state index in [1.165, 1.54) is 11.8 Å². The highest BCUT2D eigenvalue weighted by molar-refractivity contribution is 5.96. The summed E-state index contributed by atoms with van der Waals surface area (Å²) in [7, 11) is 0. The summed E-state index contributed by atoms with van der Waals surface area (Å²) < 4.78 is 6.01. The predicted octanol–water partition coefficient (Wildman–Crippen LogP) is 3.48. The van der Waals surface area contributed by atoms with Crippen molar-refractivity contribution in [3.05, 3.63) is 51.8 Å². The average Bonchev–Trinajstić information content (AvgIpc) is 3.42. The third-order valence-corrected chi connectivity index (χ3v) is 6.60. The Labute approximate surface area is 187 Å². The first-order valence-corrected chi connectivity index (χ1v) is 11.3. The van der Waals surface area contributed by atoms with Crippen LogP contribution in [0, 0.1) is 21.4 Å². The quantitative estimate of drug-likeness (QED) is 0.521. The molecule has 2 aliphatic rings. The topological polar surface area (TPSA) is 105 Å². The van der Waals surface area contributed by atoms with Crippen molar-refractivity contribution in [3.8, 4) is 5.75 Å². The molecule has 4 rings (SSSR count). The highest BCUT2D eigenvalue weighted by Crippen LogP contribution is 2.41. The number of nitrogens with zero attached hydrogens (tertiary/aromatic N) is 4. The van der Waals surface area contributed by atoms with E-state index < -0.39 is 4.92 Å². The summed E-state index contributed by atoms with van der Waals surface area (Å²) in [5.41, 5.74) is 0.940. The summed E-state index contributed by atoms with van der Waals surface area (Å²) in [6.07, 6.45) is 4.11. The fourth-order valence-electron chi connectivity index (χ4n) is 4.70. The van der Waals surface area contributed by atoms with E-state index in [0.717, 1.165) is 44.6 Å². The summed E-state index contributed by atoms with van der Waals surface area (Å²) in [5, 5.41) is 17.4. The third-order valence-electron chi connectivity index (χ3n) is 6.60. The van der Waals surface area contributed by atoms with Crippen LogP contribution in [0.3, 0.4) is 0 Å². The lowest BCUT2D eigenvalue weighted by Gasteiger charge is -2.39. The highest BCUT2D eigenvalue weighted by atomic mass is 16.6. The molecular weight excluding hydrogens is 410 g/mol. The maximum Gasteiger partial charge on any atom is 0.319 e. The molecule has 172 valence electrons. The maximum atomic E-state index is 12.8. The van der Waals surface area contributed by atoms with Gasteiger partial charge in [-0.1, -0.05) is 32.0 Å². The molecule has 2 fully saturated rings. The standard InChI is InChI=1S/C23H31N5O4/c1-17(2)15-32-20-6-4-3-5-18(20)14-26-10-7-23(8-11-26)9-12-27(16-23)22(29)21-19(28(30)31)13-24-25-21/h3-6,13,17H,7-12,14-16H2,1-2H3,(H,24,25). The van der Waals surface area contributed by atoms with Gasteiger partial charge < -0.3 is 9.64 Å². The fourth-order valence-corrected chi connectivity index (χ4v) is 4.70. The van der Waals surface area contributed by atoms with Gasteiger partial charge in [-0.3, -0.25) is 24.9 Å². The number of ether oxygens (including phenoxy) is 1. The smallest absolute Gasteiger partial charge is 0.319 e. The number of carbonyl (C=O) groups is 1. The van der Waals surface area contributed by atoms with Gasteiger partial charge in [-0.2, -0.15) is 5.10 Å². The zero-order chi connectivity index (χ0) is 22.7. The zero-order valence-corrected chi connectivity index (χ0v) is 18.7. The van der Waals surface area contributed by atoms with E-state index in [1.807, 2.05) is 12.1 Å². The molecule has 0 unspecified atom stereocenters. The first-order valence-electron chi connectivity index (χ1n) is 11.3. The Balaban J connectivity index is 1.34. The Bertz CT molecular complexity index is 965. The van der Waals surface area contributed by atoms with Crippen LogP contribution >= 0.6 is 0 Å². The Kier molecular flexibility index (Phi) is 6.45. The number of nitrogens with one attached hydrogen (secondary N) is 1. The molecule has 0 atom stereocenters. The number of benzene rings is 1. The number of aromatic amines is 1. The molecule has 2 aliphatic heterocycles. The molecule has 1 aromatic heterocycles. The van der Waals surface area contributed by atoms with Crippen molar-refractivity contribution >= 4 is 11.6 Å². The van der Waals surface area contributed by atoms with E-state index >= 15 is 0 Å². The largest absolute Gasteiger partial charge is 0.493 e. The number of amides is 1. The van der Waals surface area contributed by atoms with Crippen molar-refractivity contribution < 1.29 is 14.5 Å². The van der Waals surface area contributed by atoms with Gasteiger partial charge in [-0.25, -0.2) is 0 Å². The van der Waals surface area contributed by atoms with Crippen molar-refractivity contribution in [1.82, 2.24) is 20.0 Å². The molecule has 3 heterocycles. The number of carbonyl (C=O) groups excluding carboxylic acids is 1. The molecule has 1 N–H and O–H groups in total. The normalized spacial score (nSPS) is 18.4. The number of rotatable bonds is 7. The summed E-state index contributed by atoms with van der Waals surface area (Å²) in [5.74, 6) is 1.09. The molecule has 0 aliphatic carbocycles. The van der Waals surface area contributed by atoms with Crippen LogP contribution in [0.15, 0.2) is 30.5 Å². The molecule has 2 saturated heterocycles. The van der Waals surface area contributed by atoms with E-state index in [4.69, 9.17) is 4.74 Å². The minimum Gasteiger partial charge on any atom is -0.493 e. The molecule has 1 amide bonds. The van der Waals surface area contributed by atoms with Gasteiger partial charge in [-0.05, 0) is 49.8 Å². The van der Waals surface area contributed by atoms with Crippen molar-refractivity contribution in [1.29, 1.82) is 0 Å². The van der Waals surface area contributed by atoms with Gasteiger partial charge in [0.05, 0.1) is 11.5 Å². The second-order valence-corrected chi connectivity index (χ2v) is 9.44. The van der Waals surface area contributed by atoms with Gasteiger partial charge >= 0.3 is 5.69 Å². The third kappa shape index (κ3) is 4.77. The van der Waals surface area contributed by atoms with Crippen molar-refractivity contribution in [3.63, 3.8) is 0 Å². The van der Waals surface area contributed by atoms with Gasteiger partial charge in [0.15, 0.2) is 0 Å².